The summed E-state index contributed by atoms with van der Waals surface area (Å²) in [5.41, 5.74) is 1.50. The Balaban J connectivity index is 2.16. The van der Waals surface area contributed by atoms with Crippen LogP contribution in [-0.2, 0) is 4.79 Å². The third kappa shape index (κ3) is 2.24. The van der Waals surface area contributed by atoms with Gasteiger partial charge in [0.25, 0.3) is 0 Å². The van der Waals surface area contributed by atoms with Crippen molar-refractivity contribution >= 4 is 5.97 Å². The number of aliphatic hydroxyl groups excluding tert-OH is 1. The Bertz CT molecular complexity index is 399. The number of hydrogen-bond donors (Lipinski definition) is 2. The molecule has 0 aromatic carbocycles. The zero-order valence-electron chi connectivity index (χ0n) is 11.0. The molecule has 3 nitrogen and oxygen atoms in total. The smallest absolute Gasteiger partial charge is 0.331 e. The van der Waals surface area contributed by atoms with Crippen LogP contribution in [0, 0.1) is 17.3 Å². The van der Waals surface area contributed by atoms with Crippen LogP contribution in [0.4, 0.5) is 0 Å². The normalized spacial score (nSPS) is 40.1. The molecule has 18 heavy (non-hydrogen) atoms. The van der Waals surface area contributed by atoms with Crippen LogP contribution in [0.25, 0.3) is 0 Å². The lowest BCUT2D eigenvalue weighted by Crippen LogP contribution is -2.43. The average molecular weight is 250 g/mol. The van der Waals surface area contributed by atoms with Gasteiger partial charge < -0.3 is 10.2 Å². The molecular formula is C15H22O3. The largest absolute Gasteiger partial charge is 0.478 e. The minimum absolute atomic E-state index is 0.0626. The third-order valence-electron chi connectivity index (χ3n) is 4.89. The van der Waals surface area contributed by atoms with Crippen molar-refractivity contribution in [2.45, 2.75) is 45.1 Å². The summed E-state index contributed by atoms with van der Waals surface area (Å²) in [5, 5.41) is 18.9. The van der Waals surface area contributed by atoms with E-state index in [1.807, 2.05) is 0 Å². The van der Waals surface area contributed by atoms with Crippen molar-refractivity contribution in [3.63, 3.8) is 0 Å². The maximum Gasteiger partial charge on any atom is 0.331 e. The lowest BCUT2D eigenvalue weighted by molar-refractivity contribution is -0.133. The fourth-order valence-corrected chi connectivity index (χ4v) is 3.82. The highest BCUT2D eigenvalue weighted by Crippen LogP contribution is 2.54. The molecule has 2 rings (SSSR count). The van der Waals surface area contributed by atoms with E-state index in [2.05, 4.69) is 20.1 Å². The van der Waals surface area contributed by atoms with Crippen molar-refractivity contribution in [3.05, 3.63) is 24.3 Å². The Morgan fingerprint density at radius 3 is 2.78 bits per heavy atom. The number of hydrogen-bond acceptors (Lipinski definition) is 2. The minimum atomic E-state index is -0.884. The Kier molecular flexibility index (Phi) is 3.37. The van der Waals surface area contributed by atoms with Gasteiger partial charge in [0.05, 0.1) is 6.10 Å². The van der Waals surface area contributed by atoms with Crippen molar-refractivity contribution in [2.24, 2.45) is 17.3 Å². The number of aliphatic hydroxyl groups is 1. The molecule has 2 fully saturated rings. The monoisotopic (exact) mass is 250 g/mol. The van der Waals surface area contributed by atoms with Gasteiger partial charge in [0.1, 0.15) is 0 Å². The van der Waals surface area contributed by atoms with Crippen molar-refractivity contribution < 1.29 is 15.0 Å². The van der Waals surface area contributed by atoms with Crippen molar-refractivity contribution in [2.75, 3.05) is 0 Å². The van der Waals surface area contributed by atoms with Crippen LogP contribution in [0.2, 0.25) is 0 Å². The predicted octanol–water partition coefficient (Wildman–Crippen LogP) is 2.76. The summed E-state index contributed by atoms with van der Waals surface area (Å²) >= 11 is 0. The highest BCUT2D eigenvalue weighted by molar-refractivity contribution is 5.86. The van der Waals surface area contributed by atoms with Crippen LogP contribution < -0.4 is 0 Å². The van der Waals surface area contributed by atoms with Gasteiger partial charge >= 0.3 is 5.97 Å². The maximum absolute atomic E-state index is 11.0. The third-order valence-corrected chi connectivity index (χ3v) is 4.89. The molecule has 100 valence electrons. The molecule has 2 aliphatic carbocycles. The first kappa shape index (κ1) is 13.3. The highest BCUT2D eigenvalue weighted by Gasteiger charge is 2.46. The van der Waals surface area contributed by atoms with Crippen molar-refractivity contribution in [1.82, 2.24) is 0 Å². The zero-order valence-corrected chi connectivity index (χ0v) is 11.0. The molecule has 0 radical (unpaired) electrons. The SMILES string of the molecule is C=C(C(=O)O)[C@@H]1CC[C@@]2(C)C[C@@H](O)CC(=C)[C@H]2C1. The van der Waals surface area contributed by atoms with E-state index < -0.39 is 5.97 Å². The lowest BCUT2D eigenvalue weighted by atomic mass is 9.55. The topological polar surface area (TPSA) is 57.5 Å². The molecule has 4 atom stereocenters. The second kappa shape index (κ2) is 4.54. The first-order chi connectivity index (χ1) is 8.33. The number of carboxylic acids is 1. The molecule has 2 aliphatic rings. The van der Waals surface area contributed by atoms with Crippen molar-refractivity contribution in [3.8, 4) is 0 Å². The Morgan fingerprint density at radius 2 is 2.17 bits per heavy atom. The van der Waals surface area contributed by atoms with E-state index in [-0.39, 0.29) is 17.4 Å². The fraction of sp³-hybridized carbons (Fsp3) is 0.667. The molecule has 0 unspecified atom stereocenters. The van der Waals surface area contributed by atoms with E-state index in [1.165, 1.54) is 0 Å². The van der Waals surface area contributed by atoms with E-state index >= 15 is 0 Å². The number of carbonyl (C=O) groups is 1. The summed E-state index contributed by atoms with van der Waals surface area (Å²) in [6, 6.07) is 0. The van der Waals surface area contributed by atoms with Gasteiger partial charge in [0, 0.05) is 5.57 Å². The van der Waals surface area contributed by atoms with Gasteiger partial charge in [0.2, 0.25) is 0 Å². The van der Waals surface area contributed by atoms with E-state index in [0.29, 0.717) is 17.9 Å². The second-order valence-corrected chi connectivity index (χ2v) is 6.23. The van der Waals surface area contributed by atoms with E-state index in [4.69, 9.17) is 5.11 Å². The van der Waals surface area contributed by atoms with Gasteiger partial charge in [-0.2, -0.15) is 0 Å². The summed E-state index contributed by atoms with van der Waals surface area (Å²) in [5.74, 6) is -0.492. The molecule has 0 aromatic heterocycles. The molecule has 0 bridgehead atoms. The van der Waals surface area contributed by atoms with E-state index in [9.17, 15) is 9.90 Å². The van der Waals surface area contributed by atoms with Gasteiger partial charge in [0.15, 0.2) is 0 Å². The number of rotatable bonds is 2. The zero-order chi connectivity index (χ0) is 13.5. The van der Waals surface area contributed by atoms with Crippen LogP contribution >= 0.6 is 0 Å². The highest BCUT2D eigenvalue weighted by atomic mass is 16.4. The predicted molar refractivity (Wildman–Crippen MR) is 70.1 cm³/mol. The van der Waals surface area contributed by atoms with Gasteiger partial charge in [-0.1, -0.05) is 25.7 Å². The molecule has 0 saturated heterocycles. The van der Waals surface area contributed by atoms with Gasteiger partial charge in [-0.15, -0.1) is 0 Å². The summed E-state index contributed by atoms with van der Waals surface area (Å²) in [6.07, 6.45) is 3.82. The summed E-state index contributed by atoms with van der Waals surface area (Å²) in [4.78, 5) is 11.0. The van der Waals surface area contributed by atoms with Crippen LogP contribution in [0.3, 0.4) is 0 Å². The quantitative estimate of drug-likeness (QED) is 0.585. The van der Waals surface area contributed by atoms with Gasteiger partial charge in [-0.05, 0) is 49.4 Å². The van der Waals surface area contributed by atoms with Gasteiger partial charge in [-0.3, -0.25) is 0 Å². The Morgan fingerprint density at radius 1 is 1.50 bits per heavy atom. The molecule has 0 aliphatic heterocycles. The van der Waals surface area contributed by atoms with E-state index in [0.717, 1.165) is 31.3 Å². The fourth-order valence-electron chi connectivity index (χ4n) is 3.82. The van der Waals surface area contributed by atoms with Crippen LogP contribution in [0.5, 0.6) is 0 Å². The first-order valence-electron chi connectivity index (χ1n) is 6.61. The molecule has 0 aromatic rings. The first-order valence-corrected chi connectivity index (χ1v) is 6.61. The summed E-state index contributed by atoms with van der Waals surface area (Å²) in [6.45, 7) is 9.99. The molecule has 3 heteroatoms. The standard InChI is InChI=1S/C15H22O3/c1-9-6-12(16)8-15(3)5-4-11(7-13(9)15)10(2)14(17)18/h11-13,16H,1-2,4-8H2,3H3,(H,17,18)/t11-,12+,13-,15+/m1/s1. The summed E-state index contributed by atoms with van der Waals surface area (Å²) in [7, 11) is 0. The van der Waals surface area contributed by atoms with Crippen LogP contribution in [0.1, 0.15) is 39.0 Å². The number of aliphatic carboxylic acids is 1. The van der Waals surface area contributed by atoms with Crippen molar-refractivity contribution in [1.29, 1.82) is 0 Å². The second-order valence-electron chi connectivity index (χ2n) is 6.23. The summed E-state index contributed by atoms with van der Waals surface area (Å²) < 4.78 is 0. The number of fused-ring (bicyclic) bond motifs is 1. The Hall–Kier alpha value is -1.09. The Labute approximate surface area is 108 Å². The molecule has 0 amide bonds. The molecule has 2 saturated carbocycles. The molecule has 0 spiro atoms. The van der Waals surface area contributed by atoms with E-state index in [1.54, 1.807) is 0 Å². The van der Waals surface area contributed by atoms with Gasteiger partial charge in [-0.25, -0.2) is 4.79 Å². The number of carboxylic acid groups (broad SMARTS) is 1. The molecule has 2 N–H and O–H groups in total. The maximum atomic E-state index is 11.0. The molecular weight excluding hydrogens is 228 g/mol. The minimum Gasteiger partial charge on any atom is -0.478 e. The van der Waals surface area contributed by atoms with Crippen LogP contribution in [-0.4, -0.2) is 22.3 Å². The molecule has 0 heterocycles. The lowest BCUT2D eigenvalue weighted by Gasteiger charge is -2.50. The van der Waals surface area contributed by atoms with Crippen LogP contribution in [0.15, 0.2) is 24.3 Å². The average Bonchev–Trinajstić information content (AvgIpc) is 2.26.